The first-order valence-electron chi connectivity index (χ1n) is 11.2. The molecule has 33 heavy (non-hydrogen) atoms. The number of carbonyl (C=O) groups is 2. The molecule has 0 heterocycles. The molecule has 0 saturated carbocycles. The molecule has 0 aliphatic heterocycles. The molecule has 7 nitrogen and oxygen atoms in total. The molecule has 0 radical (unpaired) electrons. The van der Waals surface area contributed by atoms with E-state index in [1.54, 1.807) is 24.3 Å². The molecular formula is C25H33N3O4S. The minimum Gasteiger partial charge on any atom is -0.494 e. The second-order valence-electron chi connectivity index (χ2n) is 7.75. The number of nitrogens with one attached hydrogen (secondary N) is 3. The second-order valence-corrected chi connectivity index (χ2v) is 8.16. The van der Waals surface area contributed by atoms with Crippen molar-refractivity contribution in [1.82, 2.24) is 16.2 Å². The Bertz CT molecular complexity index is 911. The molecule has 2 rings (SSSR count). The summed E-state index contributed by atoms with van der Waals surface area (Å²) in [7, 11) is 0. The number of aryl methyl sites for hydroxylation is 2. The van der Waals surface area contributed by atoms with E-state index in [1.807, 2.05) is 32.0 Å². The maximum absolute atomic E-state index is 12.3. The normalized spacial score (nSPS) is 10.3. The monoisotopic (exact) mass is 471 g/mol. The molecule has 178 valence electrons. The van der Waals surface area contributed by atoms with E-state index in [1.165, 1.54) is 19.3 Å². The number of unbranched alkanes of at least 4 members (excludes halogenated alkanes) is 4. The van der Waals surface area contributed by atoms with Crippen LogP contribution in [0.4, 0.5) is 0 Å². The molecule has 0 saturated heterocycles. The Kier molecular flexibility index (Phi) is 11.2. The van der Waals surface area contributed by atoms with E-state index in [0.717, 1.165) is 29.7 Å². The molecule has 0 bridgehead atoms. The molecule has 2 aromatic carbocycles. The summed E-state index contributed by atoms with van der Waals surface area (Å²) in [6, 6.07) is 12.6. The maximum Gasteiger partial charge on any atom is 0.276 e. The first kappa shape index (κ1) is 26.1. The van der Waals surface area contributed by atoms with Crippen molar-refractivity contribution >= 4 is 29.1 Å². The van der Waals surface area contributed by atoms with Gasteiger partial charge in [-0.2, -0.15) is 0 Å². The number of hydrogen-bond donors (Lipinski definition) is 3. The number of amides is 2. The van der Waals surface area contributed by atoms with Crippen LogP contribution in [0.25, 0.3) is 0 Å². The number of para-hydroxylation sites is 1. The molecule has 0 aliphatic carbocycles. The van der Waals surface area contributed by atoms with Crippen molar-refractivity contribution in [3.63, 3.8) is 0 Å². The first-order chi connectivity index (χ1) is 15.9. The van der Waals surface area contributed by atoms with Gasteiger partial charge in [0.15, 0.2) is 11.7 Å². The third-order valence-corrected chi connectivity index (χ3v) is 5.14. The number of thiocarbonyl (C=S) groups is 1. The zero-order valence-corrected chi connectivity index (χ0v) is 20.3. The summed E-state index contributed by atoms with van der Waals surface area (Å²) < 4.78 is 11.3. The molecule has 0 unspecified atom stereocenters. The van der Waals surface area contributed by atoms with Crippen LogP contribution in [-0.2, 0) is 4.79 Å². The molecule has 0 fully saturated rings. The predicted octanol–water partition coefficient (Wildman–Crippen LogP) is 4.37. The molecule has 2 amide bonds. The van der Waals surface area contributed by atoms with E-state index < -0.39 is 5.91 Å². The van der Waals surface area contributed by atoms with E-state index in [2.05, 4.69) is 23.1 Å². The van der Waals surface area contributed by atoms with Crippen LogP contribution in [0.3, 0.4) is 0 Å². The Morgan fingerprint density at radius 3 is 2.21 bits per heavy atom. The maximum atomic E-state index is 12.3. The highest BCUT2D eigenvalue weighted by Gasteiger charge is 2.10. The largest absolute Gasteiger partial charge is 0.494 e. The Morgan fingerprint density at radius 1 is 0.879 bits per heavy atom. The van der Waals surface area contributed by atoms with Gasteiger partial charge in [0.25, 0.3) is 11.8 Å². The summed E-state index contributed by atoms with van der Waals surface area (Å²) in [6.07, 6.45) is 5.88. The number of hydrogen-bond acceptors (Lipinski definition) is 5. The fraction of sp³-hybridized carbons (Fsp3) is 0.400. The number of rotatable bonds is 11. The highest BCUT2D eigenvalue weighted by atomic mass is 32.1. The van der Waals surface area contributed by atoms with Gasteiger partial charge in [0.05, 0.1) is 6.61 Å². The summed E-state index contributed by atoms with van der Waals surface area (Å²) >= 11 is 5.07. The van der Waals surface area contributed by atoms with Gasteiger partial charge in [0, 0.05) is 5.56 Å². The molecule has 8 heteroatoms. The summed E-state index contributed by atoms with van der Waals surface area (Å²) in [6.45, 7) is 6.49. The van der Waals surface area contributed by atoms with Crippen LogP contribution >= 0.6 is 12.2 Å². The lowest BCUT2D eigenvalue weighted by molar-refractivity contribution is -0.123. The topological polar surface area (TPSA) is 88.7 Å². The molecule has 2 aromatic rings. The molecule has 0 atom stereocenters. The zero-order valence-electron chi connectivity index (χ0n) is 19.5. The van der Waals surface area contributed by atoms with Gasteiger partial charge in [-0.25, -0.2) is 0 Å². The SMILES string of the molecule is CCCCCCCOc1ccc(C(=O)NC(=S)NNC(=O)COc2c(C)cccc2C)cc1. The van der Waals surface area contributed by atoms with Gasteiger partial charge in [-0.05, 0) is 67.9 Å². The lowest BCUT2D eigenvalue weighted by atomic mass is 10.1. The number of hydrazine groups is 1. The summed E-state index contributed by atoms with van der Waals surface area (Å²) in [5, 5.41) is 2.50. The highest BCUT2D eigenvalue weighted by Crippen LogP contribution is 2.22. The van der Waals surface area contributed by atoms with Crippen LogP contribution in [0.1, 0.15) is 60.5 Å². The molecule has 0 aliphatic rings. The van der Waals surface area contributed by atoms with Crippen LogP contribution in [0.15, 0.2) is 42.5 Å². The molecule has 0 aromatic heterocycles. The van der Waals surface area contributed by atoms with Crippen LogP contribution < -0.4 is 25.6 Å². The Hall–Kier alpha value is -3.13. The van der Waals surface area contributed by atoms with E-state index >= 15 is 0 Å². The van der Waals surface area contributed by atoms with Gasteiger partial charge in [-0.15, -0.1) is 0 Å². The second kappa shape index (κ2) is 14.1. The van der Waals surface area contributed by atoms with Gasteiger partial charge in [0.1, 0.15) is 11.5 Å². The lowest BCUT2D eigenvalue weighted by Crippen LogP contribution is -2.49. The number of carbonyl (C=O) groups excluding carboxylic acids is 2. The van der Waals surface area contributed by atoms with Gasteiger partial charge in [-0.3, -0.25) is 25.8 Å². The number of ether oxygens (including phenoxy) is 2. The molecule has 0 spiro atoms. The van der Waals surface area contributed by atoms with Crippen LogP contribution in [0.5, 0.6) is 11.5 Å². The Balaban J connectivity index is 1.68. The van der Waals surface area contributed by atoms with Crippen molar-refractivity contribution in [1.29, 1.82) is 0 Å². The number of benzene rings is 2. The van der Waals surface area contributed by atoms with Gasteiger partial charge in [0.2, 0.25) is 0 Å². The Labute approximate surface area is 201 Å². The Morgan fingerprint density at radius 2 is 1.55 bits per heavy atom. The zero-order chi connectivity index (χ0) is 24.1. The minimum atomic E-state index is -0.426. The fourth-order valence-electron chi connectivity index (χ4n) is 3.13. The average molecular weight is 472 g/mol. The summed E-state index contributed by atoms with van der Waals surface area (Å²) in [4.78, 5) is 24.4. The predicted molar refractivity (Wildman–Crippen MR) is 133 cm³/mol. The van der Waals surface area contributed by atoms with Crippen molar-refractivity contribution in [3.8, 4) is 11.5 Å². The van der Waals surface area contributed by atoms with Crippen LogP contribution in [-0.4, -0.2) is 30.1 Å². The van der Waals surface area contributed by atoms with Gasteiger partial charge >= 0.3 is 0 Å². The van der Waals surface area contributed by atoms with Gasteiger partial charge < -0.3 is 9.47 Å². The van der Waals surface area contributed by atoms with Crippen molar-refractivity contribution < 1.29 is 19.1 Å². The molecule has 3 N–H and O–H groups in total. The van der Waals surface area contributed by atoms with Crippen molar-refractivity contribution in [2.45, 2.75) is 52.9 Å². The lowest BCUT2D eigenvalue weighted by Gasteiger charge is -2.13. The van der Waals surface area contributed by atoms with Crippen LogP contribution in [0.2, 0.25) is 0 Å². The van der Waals surface area contributed by atoms with Crippen molar-refractivity contribution in [3.05, 3.63) is 59.2 Å². The van der Waals surface area contributed by atoms with Crippen LogP contribution in [0, 0.1) is 13.8 Å². The summed E-state index contributed by atoms with van der Waals surface area (Å²) in [5.41, 5.74) is 7.24. The van der Waals surface area contributed by atoms with E-state index in [4.69, 9.17) is 21.7 Å². The third kappa shape index (κ3) is 9.49. The summed E-state index contributed by atoms with van der Waals surface area (Å²) in [5.74, 6) is 0.580. The average Bonchev–Trinajstić information content (AvgIpc) is 2.80. The smallest absolute Gasteiger partial charge is 0.276 e. The van der Waals surface area contributed by atoms with Gasteiger partial charge in [-0.1, -0.05) is 50.8 Å². The first-order valence-corrected chi connectivity index (χ1v) is 11.6. The standard InChI is InChI=1S/C25H33N3O4S/c1-4-5-6-7-8-16-31-21-14-12-20(13-15-21)24(30)26-25(33)28-27-22(29)17-32-23-18(2)10-9-11-19(23)3/h9-15H,4-8,16-17H2,1-3H3,(H,27,29)(H2,26,28,30,33). The van der Waals surface area contributed by atoms with Crippen molar-refractivity contribution in [2.24, 2.45) is 0 Å². The van der Waals surface area contributed by atoms with E-state index in [0.29, 0.717) is 17.9 Å². The third-order valence-electron chi connectivity index (χ3n) is 4.93. The fourth-order valence-corrected chi connectivity index (χ4v) is 3.28. The van der Waals surface area contributed by atoms with E-state index in [9.17, 15) is 9.59 Å². The van der Waals surface area contributed by atoms with Crippen molar-refractivity contribution in [2.75, 3.05) is 13.2 Å². The van der Waals surface area contributed by atoms with E-state index in [-0.39, 0.29) is 17.6 Å². The molecular weight excluding hydrogens is 438 g/mol. The minimum absolute atomic E-state index is 0.0205. The quantitative estimate of drug-likeness (QED) is 0.256. The highest BCUT2D eigenvalue weighted by molar-refractivity contribution is 7.80.